The Labute approximate surface area is 99.9 Å². The molecule has 1 heterocycles. The van der Waals surface area contributed by atoms with Gasteiger partial charge in [0.25, 0.3) is 0 Å². The summed E-state index contributed by atoms with van der Waals surface area (Å²) in [5.74, 6) is -3.12. The van der Waals surface area contributed by atoms with Crippen molar-refractivity contribution < 1.29 is 24.2 Å². The van der Waals surface area contributed by atoms with Crippen molar-refractivity contribution in [2.45, 2.75) is 6.92 Å². The predicted molar refractivity (Wildman–Crippen MR) is 60.5 cm³/mol. The summed E-state index contributed by atoms with van der Waals surface area (Å²) in [5, 5.41) is 8.80. The first kappa shape index (κ1) is 15.2. The topological polar surface area (TPSA) is 83.9 Å². The Morgan fingerprint density at radius 1 is 1.41 bits per heavy atom. The monoisotopic (exact) mass is 243 g/mol. The molecule has 1 N–H and O–H groups in total. The standard InChI is InChI=1S/C9H13NO5.C2H4/c1-5-3-10(9(14)15-2)4-6(7(5)11)8(12)13;1-2/h5-6H,3-4H2,1-2H3,(H,12,13);1-2H2. The summed E-state index contributed by atoms with van der Waals surface area (Å²) < 4.78 is 4.48. The van der Waals surface area contributed by atoms with Gasteiger partial charge in [-0.05, 0) is 0 Å². The SMILES string of the molecule is C=C.COC(=O)N1CC(C)C(=O)C(C(=O)O)C1. The van der Waals surface area contributed by atoms with Gasteiger partial charge in [-0.1, -0.05) is 6.92 Å². The molecule has 0 bridgehead atoms. The van der Waals surface area contributed by atoms with Gasteiger partial charge in [-0.2, -0.15) is 0 Å². The summed E-state index contributed by atoms with van der Waals surface area (Å²) in [6.45, 7) is 7.72. The van der Waals surface area contributed by atoms with Gasteiger partial charge in [0.05, 0.1) is 7.11 Å². The van der Waals surface area contributed by atoms with Crippen LogP contribution in [0, 0.1) is 11.8 Å². The van der Waals surface area contributed by atoms with E-state index in [9.17, 15) is 14.4 Å². The third-order valence-electron chi connectivity index (χ3n) is 2.46. The molecule has 1 fully saturated rings. The van der Waals surface area contributed by atoms with E-state index in [0.717, 1.165) is 0 Å². The average molecular weight is 243 g/mol. The molecule has 0 aliphatic carbocycles. The molecule has 0 saturated carbocycles. The van der Waals surface area contributed by atoms with E-state index in [4.69, 9.17) is 5.11 Å². The minimum Gasteiger partial charge on any atom is -0.481 e. The predicted octanol–water partition coefficient (Wildman–Crippen LogP) is 0.777. The second-order valence-corrected chi connectivity index (χ2v) is 3.57. The Bertz CT molecular complexity index is 315. The number of ether oxygens (including phenoxy) is 1. The van der Waals surface area contributed by atoms with E-state index in [1.54, 1.807) is 6.92 Å². The first-order valence-corrected chi connectivity index (χ1v) is 5.06. The number of carboxylic acid groups (broad SMARTS) is 1. The molecule has 1 aliphatic rings. The van der Waals surface area contributed by atoms with Gasteiger partial charge in [0.1, 0.15) is 5.92 Å². The fraction of sp³-hybridized carbons (Fsp3) is 0.545. The first-order valence-electron chi connectivity index (χ1n) is 5.06. The summed E-state index contributed by atoms with van der Waals surface area (Å²) in [6.07, 6.45) is -0.597. The third-order valence-corrected chi connectivity index (χ3v) is 2.46. The Hall–Kier alpha value is -1.85. The number of Topliss-reactive ketones (excluding diaryl/α,β-unsaturated/α-hetero) is 1. The summed E-state index contributed by atoms with van der Waals surface area (Å²) in [6, 6.07) is 0. The van der Waals surface area contributed by atoms with E-state index in [-0.39, 0.29) is 18.9 Å². The first-order chi connectivity index (χ1) is 7.97. The lowest BCUT2D eigenvalue weighted by molar-refractivity contribution is -0.150. The van der Waals surface area contributed by atoms with E-state index < -0.39 is 23.9 Å². The van der Waals surface area contributed by atoms with Gasteiger partial charge in [0, 0.05) is 19.0 Å². The van der Waals surface area contributed by atoms with Gasteiger partial charge in [-0.3, -0.25) is 9.59 Å². The van der Waals surface area contributed by atoms with Crippen LogP contribution in [-0.4, -0.2) is 48.1 Å². The summed E-state index contributed by atoms with van der Waals surface area (Å²) in [4.78, 5) is 34.7. The van der Waals surface area contributed by atoms with Crippen LogP contribution in [0.4, 0.5) is 4.79 Å². The number of likely N-dealkylation sites (tertiary alicyclic amines) is 1. The number of carboxylic acids is 1. The van der Waals surface area contributed by atoms with Crippen molar-refractivity contribution in [2.75, 3.05) is 20.2 Å². The molecule has 2 atom stereocenters. The lowest BCUT2D eigenvalue weighted by Gasteiger charge is -2.32. The highest BCUT2D eigenvalue weighted by molar-refractivity contribution is 6.00. The van der Waals surface area contributed by atoms with Crippen molar-refractivity contribution in [3.63, 3.8) is 0 Å². The minimum absolute atomic E-state index is 0.106. The molecular formula is C11H17NO5. The van der Waals surface area contributed by atoms with Gasteiger partial charge < -0.3 is 14.7 Å². The van der Waals surface area contributed by atoms with Crippen molar-refractivity contribution >= 4 is 17.8 Å². The van der Waals surface area contributed by atoms with Crippen molar-refractivity contribution in [1.82, 2.24) is 4.90 Å². The van der Waals surface area contributed by atoms with Crippen molar-refractivity contribution in [3.8, 4) is 0 Å². The van der Waals surface area contributed by atoms with Crippen molar-refractivity contribution in [2.24, 2.45) is 11.8 Å². The van der Waals surface area contributed by atoms with Crippen LogP contribution in [0.2, 0.25) is 0 Å². The fourth-order valence-corrected chi connectivity index (χ4v) is 1.63. The van der Waals surface area contributed by atoms with Gasteiger partial charge in [-0.25, -0.2) is 4.79 Å². The molecule has 6 nitrogen and oxygen atoms in total. The number of nitrogens with zero attached hydrogens (tertiary/aromatic N) is 1. The second-order valence-electron chi connectivity index (χ2n) is 3.57. The molecule has 96 valence electrons. The van der Waals surface area contributed by atoms with Gasteiger partial charge >= 0.3 is 12.1 Å². The number of aliphatic carboxylic acids is 1. The molecular weight excluding hydrogens is 226 g/mol. The molecule has 1 aliphatic heterocycles. The molecule has 0 aromatic heterocycles. The van der Waals surface area contributed by atoms with Crippen LogP contribution in [0.15, 0.2) is 13.2 Å². The molecule has 1 saturated heterocycles. The zero-order valence-electron chi connectivity index (χ0n) is 10.0. The van der Waals surface area contributed by atoms with Crippen molar-refractivity contribution in [3.05, 3.63) is 13.2 Å². The summed E-state index contributed by atoms with van der Waals surface area (Å²) >= 11 is 0. The van der Waals surface area contributed by atoms with E-state index >= 15 is 0 Å². The Balaban J connectivity index is 0.00000121. The third kappa shape index (κ3) is 3.58. The Morgan fingerprint density at radius 2 is 1.94 bits per heavy atom. The number of carbonyl (C=O) groups is 3. The number of rotatable bonds is 1. The summed E-state index contributed by atoms with van der Waals surface area (Å²) in [5.41, 5.74) is 0. The Morgan fingerprint density at radius 3 is 2.35 bits per heavy atom. The van der Waals surface area contributed by atoms with E-state index in [2.05, 4.69) is 17.9 Å². The number of methoxy groups -OCH3 is 1. The van der Waals surface area contributed by atoms with E-state index in [1.807, 2.05) is 0 Å². The van der Waals surface area contributed by atoms with Gasteiger partial charge in [0.2, 0.25) is 0 Å². The number of piperidine rings is 1. The molecule has 0 spiro atoms. The lowest BCUT2D eigenvalue weighted by atomic mass is 9.89. The number of ketones is 1. The zero-order chi connectivity index (χ0) is 13.6. The quantitative estimate of drug-likeness (QED) is 0.543. The van der Waals surface area contributed by atoms with Gasteiger partial charge in [0.15, 0.2) is 5.78 Å². The molecule has 0 aromatic carbocycles. The van der Waals surface area contributed by atoms with Crippen LogP contribution in [0.25, 0.3) is 0 Å². The Kier molecular flexibility index (Phi) is 5.95. The smallest absolute Gasteiger partial charge is 0.409 e. The molecule has 1 amide bonds. The highest BCUT2D eigenvalue weighted by Crippen LogP contribution is 2.18. The molecule has 0 aromatic rings. The number of carbonyl (C=O) groups excluding carboxylic acids is 2. The lowest BCUT2D eigenvalue weighted by Crippen LogP contribution is -2.50. The molecule has 0 radical (unpaired) electrons. The van der Waals surface area contributed by atoms with Crippen LogP contribution in [0.1, 0.15) is 6.92 Å². The van der Waals surface area contributed by atoms with E-state index in [0.29, 0.717) is 0 Å². The maximum atomic E-state index is 11.5. The maximum Gasteiger partial charge on any atom is 0.409 e. The average Bonchev–Trinajstić information content (AvgIpc) is 2.33. The van der Waals surface area contributed by atoms with Crippen molar-refractivity contribution in [1.29, 1.82) is 0 Å². The molecule has 6 heteroatoms. The number of hydrogen-bond acceptors (Lipinski definition) is 4. The van der Waals surface area contributed by atoms with Gasteiger partial charge in [-0.15, -0.1) is 13.2 Å². The van der Waals surface area contributed by atoms with Crippen LogP contribution in [0.3, 0.4) is 0 Å². The highest BCUT2D eigenvalue weighted by Gasteiger charge is 2.39. The van der Waals surface area contributed by atoms with E-state index in [1.165, 1.54) is 12.0 Å². The fourth-order valence-electron chi connectivity index (χ4n) is 1.63. The number of amides is 1. The maximum absolute atomic E-state index is 11.5. The van der Waals surface area contributed by atoms with Crippen LogP contribution in [0.5, 0.6) is 0 Å². The molecule has 17 heavy (non-hydrogen) atoms. The number of hydrogen-bond donors (Lipinski definition) is 1. The second kappa shape index (κ2) is 6.67. The highest BCUT2D eigenvalue weighted by atomic mass is 16.5. The molecule has 2 unspecified atom stereocenters. The normalized spacial score (nSPS) is 23.4. The van der Waals surface area contributed by atoms with Crippen LogP contribution < -0.4 is 0 Å². The molecule has 1 rings (SSSR count). The van der Waals surface area contributed by atoms with Crippen LogP contribution in [-0.2, 0) is 14.3 Å². The summed E-state index contributed by atoms with van der Waals surface area (Å²) in [7, 11) is 1.22. The minimum atomic E-state index is -1.19. The largest absolute Gasteiger partial charge is 0.481 e. The van der Waals surface area contributed by atoms with Crippen LogP contribution >= 0.6 is 0 Å². The zero-order valence-corrected chi connectivity index (χ0v) is 10.0.